The van der Waals surface area contributed by atoms with Gasteiger partial charge in [-0.1, -0.05) is 18.2 Å². The Balaban J connectivity index is 2.32. The van der Waals surface area contributed by atoms with Crippen molar-refractivity contribution in [2.45, 2.75) is 24.7 Å². The Morgan fingerprint density at radius 2 is 1.95 bits per heavy atom. The number of nitrogens with zero attached hydrogens (tertiary/aromatic N) is 1. The SMILES string of the molecule is CC(C(O)Cc1ccnc2ccccc12)S(C)(=O)=O. The molecule has 0 aliphatic rings. The molecule has 1 heterocycles. The summed E-state index contributed by atoms with van der Waals surface area (Å²) in [6.07, 6.45) is 2.21. The highest BCUT2D eigenvalue weighted by Gasteiger charge is 2.24. The van der Waals surface area contributed by atoms with E-state index in [1.54, 1.807) is 6.20 Å². The van der Waals surface area contributed by atoms with Crippen molar-refractivity contribution < 1.29 is 13.5 Å². The summed E-state index contributed by atoms with van der Waals surface area (Å²) in [5, 5.41) is 10.2. The van der Waals surface area contributed by atoms with Gasteiger partial charge in [0, 0.05) is 24.3 Å². The molecule has 0 aliphatic carbocycles. The molecular formula is C14H17NO3S. The van der Waals surface area contributed by atoms with E-state index in [1.807, 2.05) is 30.3 Å². The molecule has 0 saturated heterocycles. The molecule has 0 aliphatic heterocycles. The second-order valence-electron chi connectivity index (χ2n) is 4.79. The molecule has 0 bridgehead atoms. The van der Waals surface area contributed by atoms with Gasteiger partial charge in [-0.05, 0) is 24.6 Å². The van der Waals surface area contributed by atoms with Crippen LogP contribution in [0.1, 0.15) is 12.5 Å². The van der Waals surface area contributed by atoms with Crippen molar-refractivity contribution in [3.63, 3.8) is 0 Å². The highest BCUT2D eigenvalue weighted by atomic mass is 32.2. The van der Waals surface area contributed by atoms with E-state index in [1.165, 1.54) is 6.92 Å². The zero-order valence-corrected chi connectivity index (χ0v) is 11.8. The second-order valence-corrected chi connectivity index (χ2v) is 7.20. The van der Waals surface area contributed by atoms with Crippen molar-refractivity contribution in [2.24, 2.45) is 0 Å². The van der Waals surface area contributed by atoms with Crippen molar-refractivity contribution >= 4 is 20.7 Å². The number of pyridine rings is 1. The van der Waals surface area contributed by atoms with E-state index >= 15 is 0 Å². The first-order valence-corrected chi connectivity index (χ1v) is 8.04. The number of benzene rings is 1. The number of hydrogen-bond donors (Lipinski definition) is 1. The topological polar surface area (TPSA) is 67.3 Å². The highest BCUT2D eigenvalue weighted by molar-refractivity contribution is 7.91. The molecule has 19 heavy (non-hydrogen) atoms. The summed E-state index contributed by atoms with van der Waals surface area (Å²) in [5.74, 6) is 0. The molecule has 5 heteroatoms. The number of aliphatic hydroxyl groups excluding tert-OH is 1. The third kappa shape index (κ3) is 3.11. The van der Waals surface area contributed by atoms with Crippen LogP contribution >= 0.6 is 0 Å². The van der Waals surface area contributed by atoms with Gasteiger partial charge in [-0.25, -0.2) is 8.42 Å². The second kappa shape index (κ2) is 5.27. The molecular weight excluding hydrogens is 262 g/mol. The molecule has 1 aromatic heterocycles. The van der Waals surface area contributed by atoms with Gasteiger partial charge in [-0.15, -0.1) is 0 Å². The summed E-state index contributed by atoms with van der Waals surface area (Å²) in [6, 6.07) is 9.44. The zero-order valence-electron chi connectivity index (χ0n) is 10.9. The van der Waals surface area contributed by atoms with Crippen molar-refractivity contribution in [2.75, 3.05) is 6.26 Å². The van der Waals surface area contributed by atoms with Crippen LogP contribution in [-0.2, 0) is 16.3 Å². The predicted octanol–water partition coefficient (Wildman–Crippen LogP) is 1.57. The van der Waals surface area contributed by atoms with Crippen LogP contribution in [0.15, 0.2) is 36.5 Å². The van der Waals surface area contributed by atoms with Gasteiger partial charge in [0.05, 0.1) is 16.9 Å². The first-order valence-electron chi connectivity index (χ1n) is 6.09. The standard InChI is InChI=1S/C14H17NO3S/c1-10(19(2,17)18)14(16)9-11-7-8-15-13-6-4-3-5-12(11)13/h3-8,10,14,16H,9H2,1-2H3. The van der Waals surface area contributed by atoms with Crippen molar-refractivity contribution in [3.8, 4) is 0 Å². The molecule has 1 aromatic carbocycles. The lowest BCUT2D eigenvalue weighted by atomic mass is 10.0. The lowest BCUT2D eigenvalue weighted by Gasteiger charge is -2.17. The van der Waals surface area contributed by atoms with E-state index in [0.29, 0.717) is 6.42 Å². The van der Waals surface area contributed by atoms with E-state index < -0.39 is 21.2 Å². The van der Waals surface area contributed by atoms with Crippen LogP contribution in [0.2, 0.25) is 0 Å². The number of aliphatic hydroxyl groups is 1. The van der Waals surface area contributed by atoms with Gasteiger partial charge in [0.2, 0.25) is 0 Å². The van der Waals surface area contributed by atoms with Crippen LogP contribution in [0.4, 0.5) is 0 Å². The fourth-order valence-corrected chi connectivity index (χ4v) is 2.68. The Bertz CT molecular complexity index is 677. The van der Waals surface area contributed by atoms with Gasteiger partial charge in [0.1, 0.15) is 0 Å². The van der Waals surface area contributed by atoms with Gasteiger partial charge in [-0.3, -0.25) is 4.98 Å². The molecule has 0 amide bonds. The van der Waals surface area contributed by atoms with E-state index in [-0.39, 0.29) is 0 Å². The number of aromatic nitrogens is 1. The lowest BCUT2D eigenvalue weighted by Crippen LogP contribution is -2.32. The quantitative estimate of drug-likeness (QED) is 0.922. The number of hydrogen-bond acceptors (Lipinski definition) is 4. The maximum Gasteiger partial charge on any atom is 0.152 e. The molecule has 0 spiro atoms. The highest BCUT2D eigenvalue weighted by Crippen LogP contribution is 2.19. The minimum absolute atomic E-state index is 0.303. The fraction of sp³-hybridized carbons (Fsp3) is 0.357. The summed E-state index contributed by atoms with van der Waals surface area (Å²) in [4.78, 5) is 4.24. The van der Waals surface area contributed by atoms with Crippen LogP contribution in [0, 0.1) is 0 Å². The Morgan fingerprint density at radius 1 is 1.26 bits per heavy atom. The first kappa shape index (κ1) is 14.0. The predicted molar refractivity (Wildman–Crippen MR) is 75.8 cm³/mol. The molecule has 0 saturated carbocycles. The molecule has 2 rings (SSSR count). The van der Waals surface area contributed by atoms with E-state index in [2.05, 4.69) is 4.98 Å². The molecule has 2 atom stereocenters. The molecule has 0 fully saturated rings. The van der Waals surface area contributed by atoms with Crippen LogP contribution in [0.25, 0.3) is 10.9 Å². The van der Waals surface area contributed by atoms with Gasteiger partial charge in [-0.2, -0.15) is 0 Å². The maximum absolute atomic E-state index is 11.5. The number of fused-ring (bicyclic) bond motifs is 1. The van der Waals surface area contributed by atoms with Crippen LogP contribution in [0.3, 0.4) is 0 Å². The number of sulfone groups is 1. The molecule has 2 aromatic rings. The van der Waals surface area contributed by atoms with Crippen LogP contribution in [-0.4, -0.2) is 36.1 Å². The summed E-state index contributed by atoms with van der Waals surface area (Å²) in [5.41, 5.74) is 1.76. The minimum atomic E-state index is -3.24. The van der Waals surface area contributed by atoms with E-state index in [9.17, 15) is 13.5 Å². The fourth-order valence-electron chi connectivity index (χ4n) is 2.01. The van der Waals surface area contributed by atoms with Gasteiger partial charge >= 0.3 is 0 Å². The molecule has 0 radical (unpaired) electrons. The first-order chi connectivity index (χ1) is 8.89. The lowest BCUT2D eigenvalue weighted by molar-refractivity contribution is 0.173. The zero-order chi connectivity index (χ0) is 14.0. The summed E-state index contributed by atoms with van der Waals surface area (Å²) in [7, 11) is -3.24. The van der Waals surface area contributed by atoms with Crippen LogP contribution < -0.4 is 0 Å². The summed E-state index contributed by atoms with van der Waals surface area (Å²) in [6.45, 7) is 1.53. The van der Waals surface area contributed by atoms with Crippen LogP contribution in [0.5, 0.6) is 0 Å². The van der Waals surface area contributed by atoms with Crippen molar-refractivity contribution in [1.29, 1.82) is 0 Å². The number of rotatable bonds is 4. The van der Waals surface area contributed by atoms with E-state index in [4.69, 9.17) is 0 Å². The average molecular weight is 279 g/mol. The van der Waals surface area contributed by atoms with Gasteiger partial charge in [0.15, 0.2) is 9.84 Å². The largest absolute Gasteiger partial charge is 0.391 e. The summed E-state index contributed by atoms with van der Waals surface area (Å²) >= 11 is 0. The smallest absolute Gasteiger partial charge is 0.152 e. The van der Waals surface area contributed by atoms with Gasteiger partial charge in [0.25, 0.3) is 0 Å². The maximum atomic E-state index is 11.5. The summed E-state index contributed by atoms with van der Waals surface area (Å²) < 4.78 is 22.9. The third-order valence-corrected chi connectivity index (χ3v) is 5.05. The van der Waals surface area contributed by atoms with Crippen molar-refractivity contribution in [1.82, 2.24) is 4.98 Å². The molecule has 4 nitrogen and oxygen atoms in total. The number of para-hydroxylation sites is 1. The molecule has 1 N–H and O–H groups in total. The minimum Gasteiger partial charge on any atom is -0.391 e. The Kier molecular flexibility index (Phi) is 3.87. The Labute approximate surface area is 113 Å². The Morgan fingerprint density at radius 3 is 2.63 bits per heavy atom. The normalized spacial score (nSPS) is 15.3. The van der Waals surface area contributed by atoms with Gasteiger partial charge < -0.3 is 5.11 Å². The molecule has 2 unspecified atom stereocenters. The third-order valence-electron chi connectivity index (χ3n) is 3.39. The molecule has 102 valence electrons. The van der Waals surface area contributed by atoms with Crippen molar-refractivity contribution in [3.05, 3.63) is 42.1 Å². The average Bonchev–Trinajstić information content (AvgIpc) is 2.37. The Hall–Kier alpha value is -1.46. The monoisotopic (exact) mass is 279 g/mol. The van der Waals surface area contributed by atoms with E-state index in [0.717, 1.165) is 22.7 Å².